The van der Waals surface area contributed by atoms with Crippen molar-refractivity contribution < 1.29 is 9.90 Å². The van der Waals surface area contributed by atoms with E-state index in [0.29, 0.717) is 10.7 Å². The molecular formula is C16H14ClN3O2. The van der Waals surface area contributed by atoms with Gasteiger partial charge >= 0.3 is 6.03 Å². The molecule has 0 atom stereocenters. The molecule has 0 aliphatic carbocycles. The number of amides is 2. The van der Waals surface area contributed by atoms with Crippen LogP contribution in [0.5, 0.6) is 5.75 Å². The molecule has 2 aromatic carbocycles. The van der Waals surface area contributed by atoms with Crippen LogP contribution < -0.4 is 16.0 Å². The van der Waals surface area contributed by atoms with Crippen molar-refractivity contribution in [2.75, 3.05) is 16.0 Å². The number of anilines is 3. The first-order valence-electron chi connectivity index (χ1n) is 6.65. The van der Waals surface area contributed by atoms with Crippen LogP contribution in [-0.4, -0.2) is 11.1 Å². The standard InChI is InChI=1S/C16H14ClN3O2/c1-9-6-10-7-12(3-4-13(10)18-9)19-16(22)20-14-8-11(17)2-5-15(14)21/h2-5,7-8,18,21H,1,6H2,(H2,19,20,22). The lowest BCUT2D eigenvalue weighted by molar-refractivity contribution is 0.262. The second-order valence-electron chi connectivity index (χ2n) is 5.02. The summed E-state index contributed by atoms with van der Waals surface area (Å²) in [7, 11) is 0. The summed E-state index contributed by atoms with van der Waals surface area (Å²) in [6.07, 6.45) is 0.738. The Morgan fingerprint density at radius 2 is 2.05 bits per heavy atom. The number of fused-ring (bicyclic) bond motifs is 1. The van der Waals surface area contributed by atoms with Gasteiger partial charge in [-0.05, 0) is 42.0 Å². The highest BCUT2D eigenvalue weighted by molar-refractivity contribution is 6.31. The summed E-state index contributed by atoms with van der Waals surface area (Å²) in [5.41, 5.74) is 3.92. The topological polar surface area (TPSA) is 73.4 Å². The maximum atomic E-state index is 12.0. The minimum absolute atomic E-state index is 0.0472. The second-order valence-corrected chi connectivity index (χ2v) is 5.45. The van der Waals surface area contributed by atoms with Gasteiger partial charge in [0.15, 0.2) is 0 Å². The van der Waals surface area contributed by atoms with Crippen LogP contribution in [0.2, 0.25) is 5.02 Å². The molecule has 0 radical (unpaired) electrons. The van der Waals surface area contributed by atoms with Crippen molar-refractivity contribution in [3.8, 4) is 5.75 Å². The number of phenols is 1. The third kappa shape index (κ3) is 2.99. The van der Waals surface area contributed by atoms with Gasteiger partial charge in [0.05, 0.1) is 5.69 Å². The average molecular weight is 316 g/mol. The quantitative estimate of drug-likeness (QED) is 0.628. The number of carbonyl (C=O) groups is 1. The Morgan fingerprint density at radius 1 is 1.23 bits per heavy atom. The molecule has 0 spiro atoms. The monoisotopic (exact) mass is 315 g/mol. The number of aromatic hydroxyl groups is 1. The van der Waals surface area contributed by atoms with E-state index >= 15 is 0 Å². The van der Waals surface area contributed by atoms with Crippen molar-refractivity contribution in [1.82, 2.24) is 0 Å². The molecule has 4 N–H and O–H groups in total. The fourth-order valence-electron chi connectivity index (χ4n) is 2.30. The van der Waals surface area contributed by atoms with E-state index in [2.05, 4.69) is 22.5 Å². The smallest absolute Gasteiger partial charge is 0.323 e. The molecule has 2 aromatic rings. The van der Waals surface area contributed by atoms with Crippen molar-refractivity contribution >= 4 is 34.7 Å². The van der Waals surface area contributed by atoms with Gasteiger partial charge in [-0.3, -0.25) is 0 Å². The summed E-state index contributed by atoms with van der Waals surface area (Å²) in [4.78, 5) is 12.0. The van der Waals surface area contributed by atoms with E-state index in [1.807, 2.05) is 12.1 Å². The fraction of sp³-hybridized carbons (Fsp3) is 0.0625. The Balaban J connectivity index is 1.71. The molecule has 1 aliphatic heterocycles. The normalized spacial score (nSPS) is 12.5. The number of hydrogen-bond donors (Lipinski definition) is 4. The number of urea groups is 1. The summed E-state index contributed by atoms with van der Waals surface area (Å²) in [6, 6.07) is 9.56. The second kappa shape index (κ2) is 5.61. The first-order chi connectivity index (χ1) is 10.5. The van der Waals surface area contributed by atoms with Crippen LogP contribution in [0.3, 0.4) is 0 Å². The zero-order chi connectivity index (χ0) is 15.7. The Kier molecular flexibility index (Phi) is 3.65. The molecule has 5 nitrogen and oxygen atoms in total. The Labute approximate surface area is 132 Å². The van der Waals surface area contributed by atoms with Gasteiger partial charge in [-0.2, -0.15) is 0 Å². The molecule has 0 bridgehead atoms. The largest absolute Gasteiger partial charge is 0.506 e. The molecule has 2 amide bonds. The highest BCUT2D eigenvalue weighted by Crippen LogP contribution is 2.30. The van der Waals surface area contributed by atoms with Gasteiger partial charge in [-0.15, -0.1) is 0 Å². The summed E-state index contributed by atoms with van der Waals surface area (Å²) >= 11 is 5.84. The first-order valence-corrected chi connectivity index (χ1v) is 7.03. The third-order valence-electron chi connectivity index (χ3n) is 3.29. The van der Waals surface area contributed by atoms with Gasteiger partial charge in [-0.25, -0.2) is 4.79 Å². The fourth-order valence-corrected chi connectivity index (χ4v) is 2.47. The molecule has 22 heavy (non-hydrogen) atoms. The maximum Gasteiger partial charge on any atom is 0.323 e. The minimum Gasteiger partial charge on any atom is -0.506 e. The van der Waals surface area contributed by atoms with Gasteiger partial charge < -0.3 is 21.1 Å². The maximum absolute atomic E-state index is 12.0. The van der Waals surface area contributed by atoms with Crippen LogP contribution in [0.4, 0.5) is 21.9 Å². The molecule has 0 fully saturated rings. The molecular weight excluding hydrogens is 302 g/mol. The molecule has 1 aliphatic rings. The summed E-state index contributed by atoms with van der Waals surface area (Å²) in [6.45, 7) is 3.88. The van der Waals surface area contributed by atoms with E-state index in [0.717, 1.165) is 23.4 Å². The van der Waals surface area contributed by atoms with E-state index in [4.69, 9.17) is 11.6 Å². The van der Waals surface area contributed by atoms with Crippen LogP contribution in [-0.2, 0) is 6.42 Å². The van der Waals surface area contributed by atoms with Crippen molar-refractivity contribution in [2.24, 2.45) is 0 Å². The number of nitrogens with one attached hydrogen (secondary N) is 3. The third-order valence-corrected chi connectivity index (χ3v) is 3.52. The van der Waals surface area contributed by atoms with Gasteiger partial charge in [0, 0.05) is 28.5 Å². The number of benzene rings is 2. The van der Waals surface area contributed by atoms with E-state index < -0.39 is 6.03 Å². The molecule has 0 unspecified atom stereocenters. The molecule has 6 heteroatoms. The number of hydrogen-bond acceptors (Lipinski definition) is 3. The molecule has 3 rings (SSSR count). The first kappa shape index (κ1) is 14.3. The molecule has 1 heterocycles. The zero-order valence-corrected chi connectivity index (χ0v) is 12.4. The van der Waals surface area contributed by atoms with E-state index in [1.165, 1.54) is 12.1 Å². The lowest BCUT2D eigenvalue weighted by Gasteiger charge is -2.10. The van der Waals surface area contributed by atoms with Crippen LogP contribution in [0.1, 0.15) is 5.56 Å². The number of allylic oxidation sites excluding steroid dienone is 1. The SMILES string of the molecule is C=C1Cc2cc(NC(=O)Nc3cc(Cl)ccc3O)ccc2N1. The van der Waals surface area contributed by atoms with Gasteiger partial charge in [0.1, 0.15) is 5.75 Å². The number of carbonyl (C=O) groups excluding carboxylic acids is 1. The molecule has 0 saturated carbocycles. The van der Waals surface area contributed by atoms with E-state index in [-0.39, 0.29) is 11.4 Å². The van der Waals surface area contributed by atoms with Crippen molar-refractivity contribution in [1.29, 1.82) is 0 Å². The highest BCUT2D eigenvalue weighted by Gasteiger charge is 2.14. The van der Waals surface area contributed by atoms with Gasteiger partial charge in [0.25, 0.3) is 0 Å². The molecule has 0 aromatic heterocycles. The van der Waals surface area contributed by atoms with Crippen LogP contribution in [0, 0.1) is 0 Å². The van der Waals surface area contributed by atoms with Crippen molar-refractivity contribution in [3.63, 3.8) is 0 Å². The van der Waals surface area contributed by atoms with Gasteiger partial charge in [-0.1, -0.05) is 18.2 Å². The average Bonchev–Trinajstić information content (AvgIpc) is 2.82. The Morgan fingerprint density at radius 3 is 2.86 bits per heavy atom. The van der Waals surface area contributed by atoms with E-state index in [9.17, 15) is 9.90 Å². The Bertz CT molecular complexity index is 774. The number of rotatable bonds is 2. The van der Waals surface area contributed by atoms with Crippen LogP contribution in [0.25, 0.3) is 0 Å². The number of halogens is 1. The lowest BCUT2D eigenvalue weighted by Crippen LogP contribution is -2.19. The summed E-state index contributed by atoms with van der Waals surface area (Å²) < 4.78 is 0. The lowest BCUT2D eigenvalue weighted by atomic mass is 10.1. The van der Waals surface area contributed by atoms with Crippen molar-refractivity contribution in [3.05, 3.63) is 59.3 Å². The number of phenolic OH excluding ortho intramolecular Hbond substituents is 1. The summed E-state index contributed by atoms with van der Waals surface area (Å²) in [5, 5.41) is 18.6. The minimum atomic E-state index is -0.456. The summed E-state index contributed by atoms with van der Waals surface area (Å²) in [5.74, 6) is -0.0472. The van der Waals surface area contributed by atoms with Crippen molar-refractivity contribution in [2.45, 2.75) is 6.42 Å². The predicted octanol–water partition coefficient (Wildman–Crippen LogP) is 4.17. The van der Waals surface area contributed by atoms with Crippen LogP contribution in [0.15, 0.2) is 48.7 Å². The molecule has 0 saturated heterocycles. The molecule has 112 valence electrons. The van der Waals surface area contributed by atoms with Gasteiger partial charge in [0.2, 0.25) is 0 Å². The zero-order valence-electron chi connectivity index (χ0n) is 11.6. The highest BCUT2D eigenvalue weighted by atomic mass is 35.5. The van der Waals surface area contributed by atoms with Crippen LogP contribution >= 0.6 is 11.6 Å². The van der Waals surface area contributed by atoms with E-state index in [1.54, 1.807) is 12.1 Å². The Hall–Kier alpha value is -2.66. The predicted molar refractivity (Wildman–Crippen MR) is 88.7 cm³/mol.